The number of carbonyl (C=O) groups is 1. The minimum Gasteiger partial charge on any atom is -0.550 e. The molecule has 3 heteroatoms. The second-order valence-corrected chi connectivity index (χ2v) is 0.492. The van der Waals surface area contributed by atoms with Crippen LogP contribution in [0.3, 0.4) is 0 Å². The van der Waals surface area contributed by atoms with Gasteiger partial charge in [0.2, 0.25) is 0 Å². The van der Waals surface area contributed by atoms with Crippen LogP contribution < -0.4 is 11.3 Å². The molecule has 0 spiro atoms. The summed E-state index contributed by atoms with van der Waals surface area (Å²) >= 11 is 0. The highest BCUT2D eigenvalue weighted by atomic mass is 16.4. The number of aliphatic carboxylic acids is 1. The van der Waals surface area contributed by atoms with Crippen LogP contribution in [0.5, 0.6) is 0 Å². The highest BCUT2D eigenvalue weighted by Gasteiger charge is 1.46. The third-order valence-electron chi connectivity index (χ3n) is 0. The molecule has 0 saturated heterocycles. The molecular weight excluding hydrogens is 70.0 g/mol. The largest absolute Gasteiger partial charge is 0.550 e. The zero-order chi connectivity index (χ0) is 3.58. The Morgan fingerprint density at radius 1 is 1.80 bits per heavy atom. The predicted molar refractivity (Wildman–Crippen MR) is 16.7 cm³/mol. The molecule has 0 saturated carbocycles. The Labute approximate surface area is 30.2 Å². The van der Waals surface area contributed by atoms with E-state index in [1.54, 1.807) is 0 Å². The van der Waals surface area contributed by atoms with Crippen LogP contribution in [-0.4, -0.2) is 5.97 Å². The molecule has 0 radical (unpaired) electrons. The van der Waals surface area contributed by atoms with Crippen molar-refractivity contribution in [2.75, 3.05) is 0 Å². The van der Waals surface area contributed by atoms with E-state index in [2.05, 4.69) is 0 Å². The van der Waals surface area contributed by atoms with Gasteiger partial charge in [0.25, 0.3) is 0 Å². The lowest BCUT2D eigenvalue weighted by Crippen LogP contribution is -2.16. The quantitative estimate of drug-likeness (QED) is 0.408. The zero-order valence-electron chi connectivity index (χ0n) is 3.32. The van der Waals surface area contributed by atoms with Crippen molar-refractivity contribution >= 4 is 5.97 Å². The van der Waals surface area contributed by atoms with Crippen molar-refractivity contribution in [1.82, 2.24) is 6.15 Å². The standard InChI is InChI=1S/C2H4O2.H3N/c1-2(3)4;/h1H3,(H,3,4);1H3. The van der Waals surface area contributed by atoms with Crippen LogP contribution in [0.25, 0.3) is 0 Å². The molecule has 0 bridgehead atoms. The number of carbonyl (C=O) groups excluding carboxylic acids is 1. The summed E-state index contributed by atoms with van der Waals surface area (Å²) in [5.41, 5.74) is 0. The van der Waals surface area contributed by atoms with Gasteiger partial charge in [-0.3, -0.25) is 0 Å². The van der Waals surface area contributed by atoms with Gasteiger partial charge in [0, 0.05) is 5.97 Å². The molecule has 32 valence electrons. The van der Waals surface area contributed by atoms with Crippen molar-refractivity contribution in [2.24, 2.45) is 0 Å². The zero-order valence-corrected chi connectivity index (χ0v) is 3.32. The molecule has 5 heavy (non-hydrogen) atoms. The minimum absolute atomic E-state index is 0. The molecule has 0 aromatic carbocycles. The summed E-state index contributed by atoms with van der Waals surface area (Å²) in [6.07, 6.45) is 0. The molecule has 0 amide bonds. The van der Waals surface area contributed by atoms with Crippen LogP contribution in [0.15, 0.2) is 0 Å². The molecule has 0 rings (SSSR count). The number of rotatable bonds is 0. The van der Waals surface area contributed by atoms with Crippen LogP contribution in [0.2, 0.25) is 0 Å². The first kappa shape index (κ1) is 8.83. The van der Waals surface area contributed by atoms with E-state index in [9.17, 15) is 0 Å². The molecule has 0 heterocycles. The Balaban J connectivity index is 0. The summed E-state index contributed by atoms with van der Waals surface area (Å²) in [7, 11) is 0. The second kappa shape index (κ2) is 3.43. The van der Waals surface area contributed by atoms with E-state index < -0.39 is 5.97 Å². The summed E-state index contributed by atoms with van der Waals surface area (Å²) in [6, 6.07) is 0. The molecule has 0 unspecified atom stereocenters. The number of carboxylic acids is 1. The Bertz CT molecular complexity index is 30.6. The second-order valence-electron chi connectivity index (χ2n) is 0.492. The molecule has 0 aliphatic carbocycles. The van der Waals surface area contributed by atoms with Gasteiger partial charge in [-0.05, 0) is 6.92 Å². The first-order chi connectivity index (χ1) is 1.73. The SMILES string of the molecule is CC(=O)[O-].[NH4+]. The van der Waals surface area contributed by atoms with Crippen molar-refractivity contribution in [3.05, 3.63) is 0 Å². The first-order valence-corrected chi connectivity index (χ1v) is 0.908. The average molecular weight is 77.1 g/mol. The highest BCUT2D eigenvalue weighted by Crippen LogP contribution is 1.31. The number of carboxylic acid groups (broad SMARTS) is 1. The van der Waals surface area contributed by atoms with Crippen molar-refractivity contribution in [1.29, 1.82) is 0 Å². The third-order valence-corrected chi connectivity index (χ3v) is 0. The molecule has 0 atom stereocenters. The van der Waals surface area contributed by atoms with Gasteiger partial charge in [-0.15, -0.1) is 0 Å². The Hall–Kier alpha value is -0.570. The van der Waals surface area contributed by atoms with Crippen LogP contribution in [0, 0.1) is 0 Å². The molecule has 0 aromatic heterocycles. The van der Waals surface area contributed by atoms with Crippen LogP contribution >= 0.6 is 0 Å². The molecule has 3 nitrogen and oxygen atoms in total. The third kappa shape index (κ3) is 21.6. The maximum atomic E-state index is 8.89. The summed E-state index contributed by atoms with van der Waals surface area (Å²) in [5, 5.41) is 8.89. The molecule has 0 fully saturated rings. The van der Waals surface area contributed by atoms with Gasteiger partial charge in [0.05, 0.1) is 0 Å². The van der Waals surface area contributed by atoms with Gasteiger partial charge >= 0.3 is 0 Å². The number of hydrogen-bond acceptors (Lipinski definition) is 2. The van der Waals surface area contributed by atoms with Gasteiger partial charge in [-0.2, -0.15) is 0 Å². The van der Waals surface area contributed by atoms with Gasteiger partial charge in [0.15, 0.2) is 0 Å². The maximum absolute atomic E-state index is 8.89. The van der Waals surface area contributed by atoms with Gasteiger partial charge < -0.3 is 16.1 Å². The molecule has 0 aliphatic heterocycles. The normalized spacial score (nSPS) is 5.00. The topological polar surface area (TPSA) is 76.6 Å². The minimum atomic E-state index is -1.08. The Morgan fingerprint density at radius 2 is 1.80 bits per heavy atom. The van der Waals surface area contributed by atoms with Gasteiger partial charge in [-0.1, -0.05) is 0 Å². The summed E-state index contributed by atoms with van der Waals surface area (Å²) in [4.78, 5) is 8.89. The van der Waals surface area contributed by atoms with Gasteiger partial charge in [-0.25, -0.2) is 0 Å². The maximum Gasteiger partial charge on any atom is 0.0383 e. The van der Waals surface area contributed by atoms with Crippen molar-refractivity contribution in [3.8, 4) is 0 Å². The van der Waals surface area contributed by atoms with E-state index in [4.69, 9.17) is 9.90 Å². The molecular formula is C2H7NO2. The Kier molecular flexibility index (Phi) is 6.05. The van der Waals surface area contributed by atoms with E-state index in [1.165, 1.54) is 0 Å². The fraction of sp³-hybridized carbons (Fsp3) is 0.500. The highest BCUT2D eigenvalue weighted by molar-refractivity contribution is 5.60. The Morgan fingerprint density at radius 3 is 1.80 bits per heavy atom. The number of hydrogen-bond donors (Lipinski definition) is 1. The van der Waals surface area contributed by atoms with E-state index in [0.717, 1.165) is 6.92 Å². The van der Waals surface area contributed by atoms with E-state index >= 15 is 0 Å². The van der Waals surface area contributed by atoms with E-state index in [-0.39, 0.29) is 6.15 Å². The molecule has 4 N–H and O–H groups in total. The lowest BCUT2D eigenvalue weighted by Gasteiger charge is -1.77. The first-order valence-electron chi connectivity index (χ1n) is 0.908. The summed E-state index contributed by atoms with van der Waals surface area (Å²) in [6.45, 7) is 0.972. The van der Waals surface area contributed by atoms with Gasteiger partial charge in [0.1, 0.15) is 0 Å². The van der Waals surface area contributed by atoms with E-state index in [1.807, 2.05) is 0 Å². The van der Waals surface area contributed by atoms with Crippen molar-refractivity contribution < 1.29 is 9.90 Å². The molecule has 0 aromatic rings. The van der Waals surface area contributed by atoms with Crippen molar-refractivity contribution in [3.63, 3.8) is 0 Å². The lowest BCUT2D eigenvalue weighted by molar-refractivity contribution is -0.302. The van der Waals surface area contributed by atoms with Crippen LogP contribution in [0.1, 0.15) is 6.92 Å². The summed E-state index contributed by atoms with van der Waals surface area (Å²) < 4.78 is 0. The fourth-order valence-electron chi connectivity index (χ4n) is 0. The van der Waals surface area contributed by atoms with Crippen LogP contribution in [-0.2, 0) is 4.79 Å². The monoisotopic (exact) mass is 77.0 g/mol. The van der Waals surface area contributed by atoms with Crippen LogP contribution in [0.4, 0.5) is 0 Å². The van der Waals surface area contributed by atoms with Crippen molar-refractivity contribution in [2.45, 2.75) is 6.92 Å². The lowest BCUT2D eigenvalue weighted by atomic mass is 10.9. The smallest absolute Gasteiger partial charge is 0.0383 e. The summed E-state index contributed by atoms with van der Waals surface area (Å²) in [5.74, 6) is -1.08. The molecule has 0 aliphatic rings. The fourth-order valence-corrected chi connectivity index (χ4v) is 0. The predicted octanol–water partition coefficient (Wildman–Crippen LogP) is -0.868. The number of quaternary nitrogens is 1. The van der Waals surface area contributed by atoms with E-state index in [0.29, 0.717) is 0 Å². The average Bonchev–Trinajstić information content (AvgIpc) is 0.811.